The Balaban J connectivity index is 2.26. The van der Waals surface area contributed by atoms with Crippen molar-refractivity contribution in [1.82, 2.24) is 9.78 Å². The summed E-state index contributed by atoms with van der Waals surface area (Å²) in [6, 6.07) is 2.00. The van der Waals surface area contributed by atoms with Crippen molar-refractivity contribution in [1.29, 1.82) is 0 Å². The highest BCUT2D eigenvalue weighted by Crippen LogP contribution is 2.12. The Morgan fingerprint density at radius 2 is 1.84 bits per heavy atom. The van der Waals surface area contributed by atoms with Gasteiger partial charge in [0, 0.05) is 12.2 Å². The molecule has 0 radical (unpaired) electrons. The van der Waals surface area contributed by atoms with E-state index < -0.39 is 17.9 Å². The van der Waals surface area contributed by atoms with Gasteiger partial charge >= 0.3 is 11.9 Å². The van der Waals surface area contributed by atoms with Gasteiger partial charge in [-0.2, -0.15) is 5.10 Å². The first-order valence-corrected chi connectivity index (χ1v) is 6.38. The Hall–Kier alpha value is -1.85. The van der Waals surface area contributed by atoms with Crippen LogP contribution in [0.4, 0.5) is 0 Å². The monoisotopic (exact) mass is 268 g/mol. The van der Waals surface area contributed by atoms with E-state index in [0.717, 1.165) is 30.8 Å². The van der Waals surface area contributed by atoms with Crippen molar-refractivity contribution in [2.75, 3.05) is 0 Å². The number of aryl methyl sites for hydroxylation is 3. The van der Waals surface area contributed by atoms with Gasteiger partial charge in [-0.05, 0) is 32.8 Å². The zero-order valence-electron chi connectivity index (χ0n) is 11.3. The van der Waals surface area contributed by atoms with E-state index in [2.05, 4.69) is 5.10 Å². The molecular weight excluding hydrogens is 248 g/mol. The number of rotatable bonds is 8. The van der Waals surface area contributed by atoms with Crippen LogP contribution in [0.25, 0.3) is 0 Å². The number of carboxylic acids is 2. The van der Waals surface area contributed by atoms with Crippen LogP contribution in [-0.4, -0.2) is 31.9 Å². The lowest BCUT2D eigenvalue weighted by Gasteiger charge is -2.07. The van der Waals surface area contributed by atoms with E-state index in [9.17, 15) is 9.59 Å². The fourth-order valence-electron chi connectivity index (χ4n) is 2.04. The average molecular weight is 268 g/mol. The van der Waals surface area contributed by atoms with Crippen LogP contribution < -0.4 is 0 Å². The molecule has 0 unspecified atom stereocenters. The highest BCUT2D eigenvalue weighted by molar-refractivity contribution is 5.92. The van der Waals surface area contributed by atoms with E-state index >= 15 is 0 Å². The molecule has 1 aromatic rings. The third-order valence-corrected chi connectivity index (χ3v) is 3.06. The third kappa shape index (κ3) is 4.73. The molecule has 0 aliphatic rings. The second-order valence-electron chi connectivity index (χ2n) is 4.73. The second kappa shape index (κ2) is 6.92. The standard InChI is InChI=1S/C13H20N2O4/c1-9-8-10(2)15(14-9)7-5-3-4-6-11(12(16)17)13(18)19/h8,11H,3-7H2,1-2H3,(H,16,17)(H,18,19). The predicted molar refractivity (Wildman–Crippen MR) is 68.9 cm³/mol. The van der Waals surface area contributed by atoms with E-state index in [1.807, 2.05) is 24.6 Å². The van der Waals surface area contributed by atoms with Gasteiger partial charge in [0.05, 0.1) is 5.69 Å². The van der Waals surface area contributed by atoms with Crippen molar-refractivity contribution in [3.8, 4) is 0 Å². The molecule has 0 saturated heterocycles. The van der Waals surface area contributed by atoms with Gasteiger partial charge in [-0.25, -0.2) is 0 Å². The lowest BCUT2D eigenvalue weighted by molar-refractivity contribution is -0.154. The average Bonchev–Trinajstić information content (AvgIpc) is 2.61. The summed E-state index contributed by atoms with van der Waals surface area (Å²) in [7, 11) is 0. The van der Waals surface area contributed by atoms with E-state index in [4.69, 9.17) is 10.2 Å². The zero-order chi connectivity index (χ0) is 14.4. The minimum atomic E-state index is -1.28. The van der Waals surface area contributed by atoms with Gasteiger partial charge in [0.1, 0.15) is 0 Å². The first-order chi connectivity index (χ1) is 8.91. The summed E-state index contributed by atoms with van der Waals surface area (Å²) in [5.74, 6) is -3.80. The summed E-state index contributed by atoms with van der Waals surface area (Å²) >= 11 is 0. The number of carbonyl (C=O) groups is 2. The Bertz CT molecular complexity index is 439. The number of nitrogens with zero attached hydrogens (tertiary/aromatic N) is 2. The molecule has 1 heterocycles. The Kier molecular flexibility index (Phi) is 5.54. The fraction of sp³-hybridized carbons (Fsp3) is 0.615. The molecule has 19 heavy (non-hydrogen) atoms. The van der Waals surface area contributed by atoms with Crippen LogP contribution in [0.5, 0.6) is 0 Å². The van der Waals surface area contributed by atoms with Crippen molar-refractivity contribution in [2.24, 2.45) is 5.92 Å². The Morgan fingerprint density at radius 3 is 2.32 bits per heavy atom. The van der Waals surface area contributed by atoms with Crippen LogP contribution in [-0.2, 0) is 16.1 Å². The third-order valence-electron chi connectivity index (χ3n) is 3.06. The summed E-state index contributed by atoms with van der Waals surface area (Å²) in [6.45, 7) is 4.71. The summed E-state index contributed by atoms with van der Waals surface area (Å²) < 4.78 is 1.92. The van der Waals surface area contributed by atoms with Gasteiger partial charge in [-0.3, -0.25) is 14.3 Å². The molecular formula is C13H20N2O4. The highest BCUT2D eigenvalue weighted by atomic mass is 16.4. The largest absolute Gasteiger partial charge is 0.481 e. The number of aromatic nitrogens is 2. The van der Waals surface area contributed by atoms with E-state index in [-0.39, 0.29) is 6.42 Å². The first kappa shape index (κ1) is 15.2. The fourth-order valence-corrected chi connectivity index (χ4v) is 2.04. The maximum absolute atomic E-state index is 10.7. The molecule has 2 N–H and O–H groups in total. The summed E-state index contributed by atoms with van der Waals surface area (Å²) in [5, 5.41) is 21.8. The van der Waals surface area contributed by atoms with Crippen LogP contribution >= 0.6 is 0 Å². The second-order valence-corrected chi connectivity index (χ2v) is 4.73. The highest BCUT2D eigenvalue weighted by Gasteiger charge is 2.24. The Labute approximate surface area is 112 Å². The molecule has 0 bridgehead atoms. The number of aliphatic carboxylic acids is 2. The molecule has 0 saturated carbocycles. The summed E-state index contributed by atoms with van der Waals surface area (Å²) in [4.78, 5) is 21.4. The quantitative estimate of drug-likeness (QED) is 0.554. The maximum atomic E-state index is 10.7. The Morgan fingerprint density at radius 1 is 1.21 bits per heavy atom. The molecule has 6 heteroatoms. The van der Waals surface area contributed by atoms with Gasteiger partial charge in [-0.1, -0.05) is 12.8 Å². The molecule has 0 aliphatic carbocycles. The zero-order valence-corrected chi connectivity index (χ0v) is 11.3. The van der Waals surface area contributed by atoms with Crippen molar-refractivity contribution in [3.63, 3.8) is 0 Å². The molecule has 0 atom stereocenters. The van der Waals surface area contributed by atoms with Crippen LogP contribution in [0.3, 0.4) is 0 Å². The maximum Gasteiger partial charge on any atom is 0.317 e. The van der Waals surface area contributed by atoms with E-state index in [1.54, 1.807) is 0 Å². The topological polar surface area (TPSA) is 92.4 Å². The lowest BCUT2D eigenvalue weighted by Crippen LogP contribution is -2.23. The number of hydrogen-bond donors (Lipinski definition) is 2. The first-order valence-electron chi connectivity index (χ1n) is 6.38. The van der Waals surface area contributed by atoms with Gasteiger partial charge in [0.25, 0.3) is 0 Å². The normalized spacial score (nSPS) is 10.9. The van der Waals surface area contributed by atoms with Gasteiger partial charge < -0.3 is 10.2 Å². The van der Waals surface area contributed by atoms with Gasteiger partial charge in [-0.15, -0.1) is 0 Å². The molecule has 106 valence electrons. The molecule has 0 fully saturated rings. The lowest BCUT2D eigenvalue weighted by atomic mass is 10.0. The summed E-state index contributed by atoms with van der Waals surface area (Å²) in [6.07, 6.45) is 2.45. The number of hydrogen-bond acceptors (Lipinski definition) is 3. The van der Waals surface area contributed by atoms with Crippen LogP contribution in [0.15, 0.2) is 6.07 Å². The molecule has 0 aromatic carbocycles. The van der Waals surface area contributed by atoms with Crippen molar-refractivity contribution in [2.45, 2.75) is 46.1 Å². The minimum absolute atomic E-state index is 0.182. The number of carboxylic acid groups (broad SMARTS) is 2. The predicted octanol–water partition coefficient (Wildman–Crippen LogP) is 1.85. The SMILES string of the molecule is Cc1cc(C)n(CCCCCC(C(=O)O)C(=O)O)n1. The summed E-state index contributed by atoms with van der Waals surface area (Å²) in [5.41, 5.74) is 2.08. The van der Waals surface area contributed by atoms with E-state index in [1.165, 1.54) is 0 Å². The molecule has 1 aromatic heterocycles. The van der Waals surface area contributed by atoms with E-state index in [0.29, 0.717) is 6.42 Å². The van der Waals surface area contributed by atoms with Crippen molar-refractivity contribution in [3.05, 3.63) is 17.5 Å². The molecule has 0 aliphatic heterocycles. The smallest absolute Gasteiger partial charge is 0.317 e. The van der Waals surface area contributed by atoms with Gasteiger partial charge in [0.2, 0.25) is 0 Å². The molecule has 6 nitrogen and oxygen atoms in total. The minimum Gasteiger partial charge on any atom is -0.481 e. The molecule has 1 rings (SSSR count). The molecule has 0 spiro atoms. The molecule has 0 amide bonds. The van der Waals surface area contributed by atoms with Crippen molar-refractivity contribution < 1.29 is 19.8 Å². The van der Waals surface area contributed by atoms with Crippen molar-refractivity contribution >= 4 is 11.9 Å². The van der Waals surface area contributed by atoms with Crippen LogP contribution in [0.1, 0.15) is 37.1 Å². The van der Waals surface area contributed by atoms with Crippen LogP contribution in [0, 0.1) is 19.8 Å². The van der Waals surface area contributed by atoms with Crippen LogP contribution in [0.2, 0.25) is 0 Å². The number of unbranched alkanes of at least 4 members (excludes halogenated alkanes) is 2. The van der Waals surface area contributed by atoms with Gasteiger partial charge in [0.15, 0.2) is 5.92 Å².